The third kappa shape index (κ3) is 3.61. The van der Waals surface area contributed by atoms with Crippen molar-refractivity contribution in [2.75, 3.05) is 0 Å². The van der Waals surface area contributed by atoms with Crippen LogP contribution in [0.15, 0.2) is 28.7 Å². The van der Waals surface area contributed by atoms with Crippen molar-refractivity contribution in [3.05, 3.63) is 55.4 Å². The van der Waals surface area contributed by atoms with Crippen molar-refractivity contribution in [2.45, 2.75) is 38.5 Å². The Hall–Kier alpha value is -1.00. The molecule has 1 aliphatic rings. The lowest BCUT2D eigenvalue weighted by Gasteiger charge is -2.01. The van der Waals surface area contributed by atoms with E-state index in [4.69, 9.17) is 0 Å². The summed E-state index contributed by atoms with van der Waals surface area (Å²) < 4.78 is 14.0. The maximum absolute atomic E-state index is 13.4. The molecule has 1 nitrogen and oxygen atoms in total. The molecule has 4 heteroatoms. The maximum atomic E-state index is 13.4. The first-order valence-electron chi connectivity index (χ1n) is 7.21. The van der Waals surface area contributed by atoms with Crippen molar-refractivity contribution in [3.8, 4) is 0 Å². The van der Waals surface area contributed by atoms with Crippen LogP contribution in [0.2, 0.25) is 0 Å². The van der Waals surface area contributed by atoms with Crippen LogP contribution in [-0.4, -0.2) is 5.78 Å². The van der Waals surface area contributed by atoms with Crippen molar-refractivity contribution < 1.29 is 9.18 Å². The van der Waals surface area contributed by atoms with Gasteiger partial charge in [-0.25, -0.2) is 4.39 Å². The van der Waals surface area contributed by atoms with E-state index >= 15 is 0 Å². The van der Waals surface area contributed by atoms with Gasteiger partial charge < -0.3 is 0 Å². The van der Waals surface area contributed by atoms with Gasteiger partial charge in [-0.15, -0.1) is 11.3 Å². The summed E-state index contributed by atoms with van der Waals surface area (Å²) in [6.07, 6.45) is 6.16. The first-order valence-corrected chi connectivity index (χ1v) is 8.82. The van der Waals surface area contributed by atoms with Gasteiger partial charge in [-0.2, -0.15) is 0 Å². The monoisotopic (exact) mass is 366 g/mol. The molecular weight excluding hydrogens is 351 g/mol. The number of fused-ring (bicyclic) bond motifs is 1. The highest BCUT2D eigenvalue weighted by atomic mass is 79.9. The van der Waals surface area contributed by atoms with E-state index in [0.717, 1.165) is 23.3 Å². The minimum absolute atomic E-state index is 0.0885. The van der Waals surface area contributed by atoms with Gasteiger partial charge in [0.05, 0.1) is 4.88 Å². The van der Waals surface area contributed by atoms with E-state index in [2.05, 4.69) is 22.0 Å². The van der Waals surface area contributed by atoms with Gasteiger partial charge in [-0.1, -0.05) is 22.4 Å². The molecule has 1 aromatic heterocycles. The molecule has 2 aromatic rings. The van der Waals surface area contributed by atoms with Gasteiger partial charge >= 0.3 is 0 Å². The fourth-order valence-corrected chi connectivity index (χ4v) is 4.49. The highest BCUT2D eigenvalue weighted by Gasteiger charge is 2.17. The average molecular weight is 367 g/mol. The minimum Gasteiger partial charge on any atom is -0.293 e. The van der Waals surface area contributed by atoms with E-state index in [1.807, 2.05) is 0 Å². The summed E-state index contributed by atoms with van der Waals surface area (Å²) in [5.41, 5.74) is 2.07. The number of carbonyl (C=O) groups excluding carboxylic acids is 1. The van der Waals surface area contributed by atoms with E-state index < -0.39 is 0 Å². The number of halogens is 2. The van der Waals surface area contributed by atoms with Gasteiger partial charge in [0.1, 0.15) is 5.82 Å². The van der Waals surface area contributed by atoms with Gasteiger partial charge in [0.25, 0.3) is 0 Å². The molecule has 21 heavy (non-hydrogen) atoms. The van der Waals surface area contributed by atoms with Crippen molar-refractivity contribution in [2.24, 2.45) is 0 Å². The zero-order valence-electron chi connectivity index (χ0n) is 11.6. The lowest BCUT2D eigenvalue weighted by Crippen LogP contribution is -2.01. The summed E-state index contributed by atoms with van der Waals surface area (Å²) in [5.74, 6) is -0.222. The third-order valence-corrected chi connectivity index (χ3v) is 5.54. The number of aryl methyl sites for hydroxylation is 2. The SMILES string of the molecule is O=C(Cc1cc(F)cc(Br)c1)c1cc2c(s1)CCCCC2. The van der Waals surface area contributed by atoms with E-state index in [0.29, 0.717) is 4.47 Å². The highest BCUT2D eigenvalue weighted by molar-refractivity contribution is 9.10. The van der Waals surface area contributed by atoms with Crippen LogP contribution in [0.5, 0.6) is 0 Å². The van der Waals surface area contributed by atoms with Crippen molar-refractivity contribution in [1.29, 1.82) is 0 Å². The third-order valence-electron chi connectivity index (χ3n) is 3.81. The fourth-order valence-electron chi connectivity index (χ4n) is 2.79. The summed E-state index contributed by atoms with van der Waals surface area (Å²) >= 11 is 4.89. The van der Waals surface area contributed by atoms with Gasteiger partial charge in [0.2, 0.25) is 0 Å². The molecule has 1 heterocycles. The standard InChI is InChI=1S/C17H16BrFOS/c18-13-6-11(7-14(19)10-13)8-15(20)17-9-12-4-2-1-3-5-16(12)21-17/h6-7,9-10H,1-5,8H2. The van der Waals surface area contributed by atoms with E-state index in [1.54, 1.807) is 17.4 Å². The van der Waals surface area contributed by atoms with Gasteiger partial charge in [0, 0.05) is 15.8 Å². The van der Waals surface area contributed by atoms with Crippen LogP contribution < -0.4 is 0 Å². The van der Waals surface area contributed by atoms with E-state index in [1.165, 1.54) is 41.8 Å². The summed E-state index contributed by atoms with van der Waals surface area (Å²) in [4.78, 5) is 14.6. The van der Waals surface area contributed by atoms with Crippen LogP contribution in [-0.2, 0) is 19.3 Å². The second-order valence-electron chi connectivity index (χ2n) is 5.50. The molecule has 0 radical (unpaired) electrons. The smallest absolute Gasteiger partial charge is 0.177 e. The van der Waals surface area contributed by atoms with Crippen LogP contribution in [0, 0.1) is 5.82 Å². The summed E-state index contributed by atoms with van der Waals surface area (Å²) in [7, 11) is 0. The lowest BCUT2D eigenvalue weighted by molar-refractivity contribution is 0.0996. The number of carbonyl (C=O) groups is 1. The van der Waals surface area contributed by atoms with Crippen LogP contribution >= 0.6 is 27.3 Å². The fraction of sp³-hybridized carbons (Fsp3) is 0.353. The van der Waals surface area contributed by atoms with Gasteiger partial charge in [-0.3, -0.25) is 4.79 Å². The van der Waals surface area contributed by atoms with Crippen LogP contribution in [0.4, 0.5) is 4.39 Å². The molecule has 0 unspecified atom stereocenters. The van der Waals surface area contributed by atoms with Crippen molar-refractivity contribution >= 4 is 33.0 Å². The Morgan fingerprint density at radius 1 is 1.14 bits per heavy atom. The molecule has 0 N–H and O–H groups in total. The molecular formula is C17H16BrFOS. The van der Waals surface area contributed by atoms with Crippen LogP contribution in [0.25, 0.3) is 0 Å². The Kier molecular flexibility index (Phi) is 4.55. The van der Waals surface area contributed by atoms with Crippen LogP contribution in [0.3, 0.4) is 0 Å². The molecule has 0 amide bonds. The normalized spacial score (nSPS) is 14.6. The Bertz CT molecular complexity index is 634. The van der Waals surface area contributed by atoms with Crippen molar-refractivity contribution in [1.82, 2.24) is 0 Å². The topological polar surface area (TPSA) is 17.1 Å². The molecule has 3 rings (SSSR count). The molecule has 1 aromatic carbocycles. The Labute approximate surface area is 136 Å². The molecule has 110 valence electrons. The number of hydrogen-bond donors (Lipinski definition) is 0. The quantitative estimate of drug-likeness (QED) is 0.528. The number of hydrogen-bond acceptors (Lipinski definition) is 2. The zero-order chi connectivity index (χ0) is 14.8. The molecule has 1 aliphatic carbocycles. The average Bonchev–Trinajstić information content (AvgIpc) is 2.69. The molecule has 0 saturated carbocycles. The second kappa shape index (κ2) is 6.41. The zero-order valence-corrected chi connectivity index (χ0v) is 14.0. The highest BCUT2D eigenvalue weighted by Crippen LogP contribution is 2.30. The number of thiophene rings is 1. The van der Waals surface area contributed by atoms with Gasteiger partial charge in [0.15, 0.2) is 5.78 Å². The molecule has 0 aliphatic heterocycles. The number of Topliss-reactive ketones (excluding diaryl/α,β-unsaturated/α-hetero) is 1. The summed E-state index contributed by atoms with van der Waals surface area (Å²) in [6, 6.07) is 6.70. The number of benzene rings is 1. The Balaban J connectivity index is 1.79. The maximum Gasteiger partial charge on any atom is 0.177 e. The Morgan fingerprint density at radius 2 is 1.95 bits per heavy atom. The predicted octanol–water partition coefficient (Wildman–Crippen LogP) is 5.34. The second-order valence-corrected chi connectivity index (χ2v) is 7.55. The minimum atomic E-state index is -0.311. The van der Waals surface area contributed by atoms with Gasteiger partial charge in [-0.05, 0) is 61.1 Å². The summed E-state index contributed by atoms with van der Waals surface area (Å²) in [5, 5.41) is 0. The first-order chi connectivity index (χ1) is 10.1. The first kappa shape index (κ1) is 14.9. The molecule has 0 atom stereocenters. The van der Waals surface area contributed by atoms with E-state index in [9.17, 15) is 9.18 Å². The largest absolute Gasteiger partial charge is 0.293 e. The molecule has 0 saturated heterocycles. The summed E-state index contributed by atoms with van der Waals surface area (Å²) in [6.45, 7) is 0. The lowest BCUT2D eigenvalue weighted by atomic mass is 10.1. The number of rotatable bonds is 3. The molecule has 0 spiro atoms. The van der Waals surface area contributed by atoms with Crippen LogP contribution in [0.1, 0.15) is 44.9 Å². The predicted molar refractivity (Wildman–Crippen MR) is 87.7 cm³/mol. The molecule has 0 fully saturated rings. The van der Waals surface area contributed by atoms with E-state index in [-0.39, 0.29) is 18.0 Å². The number of ketones is 1. The molecule has 0 bridgehead atoms. The van der Waals surface area contributed by atoms with Crippen molar-refractivity contribution in [3.63, 3.8) is 0 Å². The Morgan fingerprint density at radius 3 is 2.76 bits per heavy atom.